The monoisotopic (exact) mass is 209 g/mol. The first-order chi connectivity index (χ1) is 7.17. The maximum Gasteiger partial charge on any atom is 0.253 e. The van der Waals surface area contributed by atoms with E-state index >= 15 is 0 Å². The lowest BCUT2D eigenvalue weighted by Crippen LogP contribution is -2.26. The van der Waals surface area contributed by atoms with Gasteiger partial charge in [0.1, 0.15) is 6.10 Å². The van der Waals surface area contributed by atoms with E-state index in [0.29, 0.717) is 5.69 Å². The Labute approximate surface area is 88.9 Å². The van der Waals surface area contributed by atoms with Gasteiger partial charge in [-0.2, -0.15) is 0 Å². The molecule has 1 aromatic rings. The molecule has 4 nitrogen and oxygen atoms in total. The van der Waals surface area contributed by atoms with Gasteiger partial charge in [-0.25, -0.2) is 0 Å². The number of nitrogens with one attached hydrogen (secondary N) is 1. The maximum atomic E-state index is 11.4. The topological polar surface area (TPSA) is 58.6 Å². The highest BCUT2D eigenvalue weighted by Crippen LogP contribution is 2.10. The van der Waals surface area contributed by atoms with Crippen molar-refractivity contribution in [3.63, 3.8) is 0 Å². The van der Waals surface area contributed by atoms with E-state index in [1.807, 2.05) is 0 Å². The fourth-order valence-corrected chi connectivity index (χ4v) is 1.04. The lowest BCUT2D eigenvalue weighted by atomic mass is 10.2. The molecule has 0 aliphatic rings. The third kappa shape index (κ3) is 3.34. The molecule has 0 radical (unpaired) electrons. The molecular formula is C11H15NO3. The molecule has 4 heteroatoms. The zero-order valence-electron chi connectivity index (χ0n) is 8.86. The Balaban J connectivity index is 2.61. The number of anilines is 1. The van der Waals surface area contributed by atoms with Crippen molar-refractivity contribution in [3.05, 3.63) is 29.8 Å². The summed E-state index contributed by atoms with van der Waals surface area (Å²) in [5, 5.41) is 11.5. The summed E-state index contributed by atoms with van der Waals surface area (Å²) < 4.78 is 4.88. The molecule has 0 aliphatic carbocycles. The van der Waals surface area contributed by atoms with E-state index in [4.69, 9.17) is 9.84 Å². The van der Waals surface area contributed by atoms with Crippen LogP contribution in [0.2, 0.25) is 0 Å². The van der Waals surface area contributed by atoms with Crippen LogP contribution in [-0.2, 0) is 16.1 Å². The van der Waals surface area contributed by atoms with Gasteiger partial charge in [0.15, 0.2) is 0 Å². The summed E-state index contributed by atoms with van der Waals surface area (Å²) in [4.78, 5) is 11.4. The third-order valence-corrected chi connectivity index (χ3v) is 2.13. The first kappa shape index (κ1) is 11.7. The molecule has 1 atom stereocenters. The van der Waals surface area contributed by atoms with Crippen LogP contribution in [0.25, 0.3) is 0 Å². The molecule has 1 rings (SSSR count). The lowest BCUT2D eigenvalue weighted by molar-refractivity contribution is -0.124. The van der Waals surface area contributed by atoms with Gasteiger partial charge >= 0.3 is 0 Å². The molecule has 1 aromatic carbocycles. The number of carbonyl (C=O) groups excluding carboxylic acids is 1. The van der Waals surface area contributed by atoms with Gasteiger partial charge in [-0.1, -0.05) is 12.1 Å². The standard InChI is InChI=1S/C11H15NO3/c1-8(15-2)11(14)12-10-5-3-9(7-13)4-6-10/h3-6,8,13H,7H2,1-2H3,(H,12,14). The first-order valence-electron chi connectivity index (χ1n) is 4.71. The van der Waals surface area contributed by atoms with Gasteiger partial charge in [0, 0.05) is 12.8 Å². The summed E-state index contributed by atoms with van der Waals surface area (Å²) in [6.07, 6.45) is -0.470. The number of carbonyl (C=O) groups is 1. The molecule has 1 amide bonds. The predicted octanol–water partition coefficient (Wildman–Crippen LogP) is 1.15. The van der Waals surface area contributed by atoms with Crippen molar-refractivity contribution in [2.75, 3.05) is 12.4 Å². The number of rotatable bonds is 4. The van der Waals surface area contributed by atoms with Crippen molar-refractivity contribution in [1.29, 1.82) is 0 Å². The van der Waals surface area contributed by atoms with Gasteiger partial charge in [0.25, 0.3) is 5.91 Å². The fourth-order valence-electron chi connectivity index (χ4n) is 1.04. The quantitative estimate of drug-likeness (QED) is 0.782. The minimum Gasteiger partial charge on any atom is -0.392 e. The number of hydrogen-bond donors (Lipinski definition) is 2. The predicted molar refractivity (Wildman–Crippen MR) is 57.5 cm³/mol. The van der Waals surface area contributed by atoms with Gasteiger partial charge in [0.05, 0.1) is 6.61 Å². The minimum absolute atomic E-state index is 0.00268. The van der Waals surface area contributed by atoms with Crippen LogP contribution in [0, 0.1) is 0 Å². The highest BCUT2D eigenvalue weighted by molar-refractivity contribution is 5.93. The van der Waals surface area contributed by atoms with Crippen LogP contribution in [0.5, 0.6) is 0 Å². The van der Waals surface area contributed by atoms with Crippen LogP contribution in [0.4, 0.5) is 5.69 Å². The first-order valence-corrected chi connectivity index (χ1v) is 4.71. The number of hydrogen-bond acceptors (Lipinski definition) is 3. The number of aliphatic hydroxyl groups is 1. The lowest BCUT2D eigenvalue weighted by Gasteiger charge is -2.10. The Bertz CT molecular complexity index is 321. The molecule has 0 spiro atoms. The van der Waals surface area contributed by atoms with Crippen molar-refractivity contribution < 1.29 is 14.6 Å². The van der Waals surface area contributed by atoms with Gasteiger partial charge < -0.3 is 15.2 Å². The molecular weight excluding hydrogens is 194 g/mol. The number of amides is 1. The van der Waals surface area contributed by atoms with E-state index in [9.17, 15) is 4.79 Å². The largest absolute Gasteiger partial charge is 0.392 e. The average Bonchev–Trinajstić information content (AvgIpc) is 2.29. The molecule has 0 bridgehead atoms. The molecule has 0 heterocycles. The SMILES string of the molecule is COC(C)C(=O)Nc1ccc(CO)cc1. The summed E-state index contributed by atoms with van der Waals surface area (Å²) in [5.41, 5.74) is 1.51. The third-order valence-electron chi connectivity index (χ3n) is 2.13. The smallest absolute Gasteiger partial charge is 0.253 e. The van der Waals surface area contributed by atoms with Crippen LogP contribution < -0.4 is 5.32 Å². The summed E-state index contributed by atoms with van der Waals surface area (Å²) in [7, 11) is 1.49. The van der Waals surface area contributed by atoms with E-state index < -0.39 is 6.10 Å². The van der Waals surface area contributed by atoms with Crippen LogP contribution in [0.15, 0.2) is 24.3 Å². The normalized spacial score (nSPS) is 12.2. The number of benzene rings is 1. The van der Waals surface area contributed by atoms with Gasteiger partial charge in [0.2, 0.25) is 0 Å². The van der Waals surface area contributed by atoms with Crippen LogP contribution >= 0.6 is 0 Å². The summed E-state index contributed by atoms with van der Waals surface area (Å²) in [5.74, 6) is -0.186. The molecule has 15 heavy (non-hydrogen) atoms. The fraction of sp³-hybridized carbons (Fsp3) is 0.364. The van der Waals surface area contributed by atoms with E-state index in [2.05, 4.69) is 5.32 Å². The Kier molecular flexibility index (Phi) is 4.27. The minimum atomic E-state index is -0.470. The second-order valence-electron chi connectivity index (χ2n) is 3.22. The van der Waals surface area contributed by atoms with E-state index in [1.165, 1.54) is 7.11 Å². The van der Waals surface area contributed by atoms with Crippen molar-refractivity contribution in [2.24, 2.45) is 0 Å². The molecule has 82 valence electrons. The van der Waals surface area contributed by atoms with Crippen LogP contribution in [0.3, 0.4) is 0 Å². The second-order valence-corrected chi connectivity index (χ2v) is 3.22. The highest BCUT2D eigenvalue weighted by atomic mass is 16.5. The number of ether oxygens (including phenoxy) is 1. The van der Waals surface area contributed by atoms with Crippen molar-refractivity contribution in [2.45, 2.75) is 19.6 Å². The van der Waals surface area contributed by atoms with Crippen molar-refractivity contribution in [3.8, 4) is 0 Å². The van der Waals surface area contributed by atoms with Crippen LogP contribution in [-0.4, -0.2) is 24.2 Å². The van der Waals surface area contributed by atoms with Crippen molar-refractivity contribution in [1.82, 2.24) is 0 Å². The Morgan fingerprint density at radius 3 is 2.53 bits per heavy atom. The summed E-state index contributed by atoms with van der Waals surface area (Å²) >= 11 is 0. The molecule has 0 saturated carbocycles. The zero-order chi connectivity index (χ0) is 11.3. The molecule has 0 fully saturated rings. The van der Waals surface area contributed by atoms with E-state index in [0.717, 1.165) is 5.56 Å². The average molecular weight is 209 g/mol. The maximum absolute atomic E-state index is 11.4. The number of methoxy groups -OCH3 is 1. The highest BCUT2D eigenvalue weighted by Gasteiger charge is 2.10. The zero-order valence-corrected chi connectivity index (χ0v) is 8.86. The Morgan fingerprint density at radius 2 is 2.07 bits per heavy atom. The molecule has 1 unspecified atom stereocenters. The van der Waals surface area contributed by atoms with Gasteiger partial charge in [-0.05, 0) is 24.6 Å². The van der Waals surface area contributed by atoms with Crippen molar-refractivity contribution >= 4 is 11.6 Å². The molecule has 0 aliphatic heterocycles. The summed E-state index contributed by atoms with van der Waals surface area (Å²) in [6.45, 7) is 1.68. The molecule has 2 N–H and O–H groups in total. The van der Waals surface area contributed by atoms with Gasteiger partial charge in [-0.3, -0.25) is 4.79 Å². The van der Waals surface area contributed by atoms with E-state index in [1.54, 1.807) is 31.2 Å². The second kappa shape index (κ2) is 5.48. The Hall–Kier alpha value is -1.39. The molecule has 0 saturated heterocycles. The molecule has 0 aromatic heterocycles. The summed E-state index contributed by atoms with van der Waals surface area (Å²) in [6, 6.07) is 7.00. The van der Waals surface area contributed by atoms with E-state index in [-0.39, 0.29) is 12.5 Å². The Morgan fingerprint density at radius 1 is 1.47 bits per heavy atom. The number of aliphatic hydroxyl groups excluding tert-OH is 1. The van der Waals surface area contributed by atoms with Gasteiger partial charge in [-0.15, -0.1) is 0 Å². The van der Waals surface area contributed by atoms with Crippen LogP contribution in [0.1, 0.15) is 12.5 Å².